The Morgan fingerprint density at radius 3 is 2.21 bits per heavy atom. The van der Waals surface area contributed by atoms with E-state index in [0.717, 1.165) is 0 Å². The molecule has 0 aromatic heterocycles. The first kappa shape index (κ1) is 23.0. The van der Waals surface area contributed by atoms with E-state index in [4.69, 9.17) is 18.9 Å². The van der Waals surface area contributed by atoms with Gasteiger partial charge in [-0.25, -0.2) is 4.79 Å². The first-order valence-electron chi connectivity index (χ1n) is 9.47. The minimum atomic E-state index is -1.49. The van der Waals surface area contributed by atoms with Gasteiger partial charge in [-0.1, -0.05) is 20.8 Å². The highest BCUT2D eigenvalue weighted by atomic mass is 16.7. The summed E-state index contributed by atoms with van der Waals surface area (Å²) in [5, 5.41) is 33.3. The maximum absolute atomic E-state index is 11.7. The number of hydrogen-bond acceptors (Lipinski definition) is 8. The second-order valence-corrected chi connectivity index (χ2v) is 7.48. The van der Waals surface area contributed by atoms with Crippen LogP contribution in [0.15, 0.2) is 0 Å². The van der Waals surface area contributed by atoms with Crippen LogP contribution >= 0.6 is 0 Å². The average molecular weight is 405 g/mol. The van der Waals surface area contributed by atoms with Crippen LogP contribution in [0.4, 0.5) is 0 Å². The highest BCUT2D eigenvalue weighted by Crippen LogP contribution is 2.34. The highest BCUT2D eigenvalue weighted by molar-refractivity contribution is 5.74. The van der Waals surface area contributed by atoms with Gasteiger partial charge in [-0.2, -0.15) is 0 Å². The summed E-state index contributed by atoms with van der Waals surface area (Å²) in [5.41, 5.74) is 0. The fourth-order valence-corrected chi connectivity index (χ4v) is 3.79. The van der Waals surface area contributed by atoms with E-state index in [2.05, 4.69) is 5.32 Å². The topological polar surface area (TPSA) is 144 Å². The van der Waals surface area contributed by atoms with Gasteiger partial charge in [-0.3, -0.25) is 4.79 Å². The van der Waals surface area contributed by atoms with Crippen LogP contribution in [0.2, 0.25) is 0 Å². The number of carbonyl (C=O) groups excluding carboxylic acids is 1. The summed E-state index contributed by atoms with van der Waals surface area (Å²) in [6, 6.07) is -0.729. The van der Waals surface area contributed by atoms with Crippen LogP contribution < -0.4 is 5.32 Å². The van der Waals surface area contributed by atoms with Gasteiger partial charge in [0.15, 0.2) is 18.7 Å². The molecule has 10 nitrogen and oxygen atoms in total. The second-order valence-electron chi connectivity index (χ2n) is 7.48. The monoisotopic (exact) mass is 405 g/mol. The summed E-state index contributed by atoms with van der Waals surface area (Å²) < 4.78 is 22.3. The zero-order valence-electron chi connectivity index (χ0n) is 16.8. The molecule has 0 radical (unpaired) electrons. The van der Waals surface area contributed by atoms with Crippen LogP contribution in [0.5, 0.6) is 0 Å². The smallest absolute Gasteiger partial charge is 0.335 e. The summed E-state index contributed by atoms with van der Waals surface area (Å²) in [5.74, 6) is -2.63. The molecule has 162 valence electrons. The Kier molecular flexibility index (Phi) is 7.77. The van der Waals surface area contributed by atoms with Gasteiger partial charge in [-0.05, 0) is 6.42 Å². The van der Waals surface area contributed by atoms with Gasteiger partial charge >= 0.3 is 5.97 Å². The van der Waals surface area contributed by atoms with Crippen LogP contribution in [0, 0.1) is 11.8 Å². The molecule has 0 bridgehead atoms. The molecule has 10 unspecified atom stereocenters. The quantitative estimate of drug-likeness (QED) is 0.458. The molecule has 10 atom stereocenters. The van der Waals surface area contributed by atoms with E-state index < -0.39 is 66.9 Å². The lowest BCUT2D eigenvalue weighted by Gasteiger charge is -2.47. The maximum atomic E-state index is 11.7. The Bertz CT molecular complexity index is 559. The number of aliphatic hydroxyl groups excluding tert-OH is 2. The van der Waals surface area contributed by atoms with Crippen molar-refractivity contribution < 1.29 is 43.9 Å². The van der Waals surface area contributed by atoms with E-state index in [1.165, 1.54) is 14.0 Å². The molecule has 28 heavy (non-hydrogen) atoms. The van der Waals surface area contributed by atoms with Gasteiger partial charge < -0.3 is 39.6 Å². The largest absolute Gasteiger partial charge is 0.479 e. The molecule has 0 saturated carbocycles. The van der Waals surface area contributed by atoms with Gasteiger partial charge in [-0.15, -0.1) is 0 Å². The molecule has 2 saturated heterocycles. The number of ether oxygens (including phenoxy) is 4. The molecular weight excluding hydrogens is 374 g/mol. The van der Waals surface area contributed by atoms with Crippen molar-refractivity contribution in [2.75, 3.05) is 7.11 Å². The van der Waals surface area contributed by atoms with Crippen molar-refractivity contribution in [1.29, 1.82) is 0 Å². The zero-order valence-corrected chi connectivity index (χ0v) is 16.8. The Hall–Kier alpha value is -1.30. The van der Waals surface area contributed by atoms with E-state index in [1.54, 1.807) is 13.8 Å². The molecule has 2 aliphatic rings. The summed E-state index contributed by atoms with van der Waals surface area (Å²) >= 11 is 0. The number of amides is 1. The standard InChI is InChI=1S/C18H31NO9/c1-6-10-12(21)7(2)11(19-9(4)20)18(26-10)27-14-13(22)8(3)17(25-5)28-15(14)16(23)24/h7-8,10-15,17-18,21-22H,6H2,1-5H3,(H,19,20)(H,23,24). The van der Waals surface area contributed by atoms with Crippen molar-refractivity contribution in [2.45, 2.75) is 83.3 Å². The number of rotatable bonds is 6. The van der Waals surface area contributed by atoms with Crippen LogP contribution in [0.25, 0.3) is 0 Å². The molecule has 2 rings (SSSR count). The lowest BCUT2D eigenvalue weighted by molar-refractivity contribution is -0.324. The van der Waals surface area contributed by atoms with E-state index in [0.29, 0.717) is 6.42 Å². The molecule has 2 fully saturated rings. The molecular formula is C18H31NO9. The van der Waals surface area contributed by atoms with Gasteiger partial charge in [0.05, 0.1) is 24.4 Å². The fourth-order valence-electron chi connectivity index (χ4n) is 3.79. The van der Waals surface area contributed by atoms with Gasteiger partial charge in [0.25, 0.3) is 0 Å². The van der Waals surface area contributed by atoms with E-state index in [-0.39, 0.29) is 5.91 Å². The summed E-state index contributed by atoms with van der Waals surface area (Å²) in [6.45, 7) is 6.56. The molecule has 10 heteroatoms. The fraction of sp³-hybridized carbons (Fsp3) is 0.889. The van der Waals surface area contributed by atoms with Crippen molar-refractivity contribution in [3.8, 4) is 0 Å². The Morgan fingerprint density at radius 2 is 1.71 bits per heavy atom. The molecule has 0 aromatic carbocycles. The Morgan fingerprint density at radius 1 is 1.07 bits per heavy atom. The summed E-state index contributed by atoms with van der Waals surface area (Å²) in [7, 11) is 1.36. The number of carboxylic acid groups (broad SMARTS) is 1. The van der Waals surface area contributed by atoms with Crippen LogP contribution in [0.1, 0.15) is 34.1 Å². The molecule has 2 heterocycles. The molecule has 1 amide bonds. The summed E-state index contributed by atoms with van der Waals surface area (Å²) in [6.07, 6.45) is -6.81. The highest BCUT2D eigenvalue weighted by Gasteiger charge is 2.51. The molecule has 0 spiro atoms. The first-order valence-corrected chi connectivity index (χ1v) is 9.47. The number of nitrogens with one attached hydrogen (secondary N) is 1. The van der Waals surface area contributed by atoms with Crippen molar-refractivity contribution >= 4 is 11.9 Å². The minimum Gasteiger partial charge on any atom is -0.479 e. The van der Waals surface area contributed by atoms with Crippen molar-refractivity contribution in [2.24, 2.45) is 11.8 Å². The van der Waals surface area contributed by atoms with Crippen LogP contribution in [-0.4, -0.2) is 83.4 Å². The lowest BCUT2D eigenvalue weighted by atomic mass is 9.87. The van der Waals surface area contributed by atoms with Gasteiger partial charge in [0.1, 0.15) is 6.10 Å². The van der Waals surface area contributed by atoms with Crippen molar-refractivity contribution in [1.82, 2.24) is 5.32 Å². The molecule has 0 aromatic rings. The molecule has 0 aliphatic carbocycles. The number of aliphatic hydroxyl groups is 2. The maximum Gasteiger partial charge on any atom is 0.335 e. The minimum absolute atomic E-state index is 0.348. The van der Waals surface area contributed by atoms with Gasteiger partial charge in [0.2, 0.25) is 5.91 Å². The third-order valence-electron chi connectivity index (χ3n) is 5.51. The van der Waals surface area contributed by atoms with E-state index >= 15 is 0 Å². The van der Waals surface area contributed by atoms with Crippen LogP contribution in [-0.2, 0) is 28.5 Å². The first-order chi connectivity index (χ1) is 13.1. The SMILES string of the molecule is CCC1OC(OC2C(C(=O)O)OC(OC)C(C)C2O)C(NC(C)=O)C(C)C1O. The normalized spacial score (nSPS) is 44.1. The second kappa shape index (κ2) is 9.47. The van der Waals surface area contributed by atoms with Crippen molar-refractivity contribution in [3.05, 3.63) is 0 Å². The van der Waals surface area contributed by atoms with E-state index in [9.17, 15) is 24.9 Å². The molecule has 2 aliphatic heterocycles. The van der Waals surface area contributed by atoms with Crippen molar-refractivity contribution in [3.63, 3.8) is 0 Å². The Labute approximate surface area is 164 Å². The third kappa shape index (κ3) is 4.64. The number of hydrogen-bond donors (Lipinski definition) is 4. The predicted molar refractivity (Wildman–Crippen MR) is 95.1 cm³/mol. The van der Waals surface area contributed by atoms with Crippen LogP contribution in [0.3, 0.4) is 0 Å². The molecule has 4 N–H and O–H groups in total. The third-order valence-corrected chi connectivity index (χ3v) is 5.51. The van der Waals surface area contributed by atoms with E-state index in [1.807, 2.05) is 6.92 Å². The number of methoxy groups -OCH3 is 1. The predicted octanol–water partition coefficient (Wildman–Crippen LogP) is -0.539. The average Bonchev–Trinajstić information content (AvgIpc) is 2.64. The number of carboxylic acids is 1. The summed E-state index contributed by atoms with van der Waals surface area (Å²) in [4.78, 5) is 23.3. The number of aliphatic carboxylic acids is 1. The Balaban J connectivity index is 2.28. The number of carbonyl (C=O) groups is 2. The lowest BCUT2D eigenvalue weighted by Crippen LogP contribution is -2.64. The zero-order chi connectivity index (χ0) is 21.2. The van der Waals surface area contributed by atoms with Gasteiger partial charge in [0, 0.05) is 25.9 Å².